The van der Waals surface area contributed by atoms with Crippen molar-refractivity contribution in [3.63, 3.8) is 0 Å². The lowest BCUT2D eigenvalue weighted by Gasteiger charge is -2.25. The first-order valence-electron chi connectivity index (χ1n) is 5.10. The second kappa shape index (κ2) is 4.77. The van der Waals surface area contributed by atoms with Crippen molar-refractivity contribution in [2.75, 3.05) is 11.9 Å². The van der Waals surface area contributed by atoms with Crippen LogP contribution in [-0.4, -0.2) is 23.9 Å². The van der Waals surface area contributed by atoms with Crippen LogP contribution in [0.25, 0.3) is 0 Å². The Bertz CT molecular complexity index is 348. The van der Waals surface area contributed by atoms with E-state index in [9.17, 15) is 0 Å². The molecule has 1 aromatic heterocycles. The van der Waals surface area contributed by atoms with Crippen molar-refractivity contribution in [2.45, 2.75) is 26.3 Å². The van der Waals surface area contributed by atoms with Crippen LogP contribution in [0.2, 0.25) is 0 Å². The largest absolute Gasteiger partial charge is 0.382 e. The SMILES string of the molecule is CCC(C)N(C)c1cccc(C(=N)N)n1. The number of pyridine rings is 1. The molecule has 0 aliphatic heterocycles. The quantitative estimate of drug-likeness (QED) is 0.581. The van der Waals surface area contributed by atoms with E-state index in [1.54, 1.807) is 6.07 Å². The van der Waals surface area contributed by atoms with Gasteiger partial charge in [0, 0.05) is 13.1 Å². The molecule has 15 heavy (non-hydrogen) atoms. The molecule has 0 bridgehead atoms. The highest BCUT2D eigenvalue weighted by atomic mass is 15.2. The van der Waals surface area contributed by atoms with Crippen LogP contribution in [0.3, 0.4) is 0 Å². The zero-order valence-electron chi connectivity index (χ0n) is 9.49. The minimum atomic E-state index is 0.00871. The van der Waals surface area contributed by atoms with Gasteiger partial charge in [0.05, 0.1) is 0 Å². The number of nitrogens with one attached hydrogen (secondary N) is 1. The van der Waals surface area contributed by atoms with Gasteiger partial charge in [-0.25, -0.2) is 4.98 Å². The van der Waals surface area contributed by atoms with Gasteiger partial charge >= 0.3 is 0 Å². The molecule has 3 N–H and O–H groups in total. The summed E-state index contributed by atoms with van der Waals surface area (Å²) in [6, 6.07) is 5.98. The molecule has 0 fully saturated rings. The van der Waals surface area contributed by atoms with Gasteiger partial charge in [0.2, 0.25) is 0 Å². The van der Waals surface area contributed by atoms with E-state index < -0.39 is 0 Å². The van der Waals surface area contributed by atoms with Crippen molar-refractivity contribution in [1.29, 1.82) is 5.41 Å². The first-order valence-corrected chi connectivity index (χ1v) is 5.10. The standard InChI is InChI=1S/C11H18N4/c1-4-8(2)15(3)10-7-5-6-9(14-10)11(12)13/h5-8H,4H2,1-3H3,(H3,12,13). The number of nitrogens with zero attached hydrogens (tertiary/aromatic N) is 2. The van der Waals surface area contributed by atoms with Crippen molar-refractivity contribution in [1.82, 2.24) is 4.98 Å². The molecule has 0 aliphatic carbocycles. The average molecular weight is 206 g/mol. The molecular formula is C11H18N4. The molecule has 0 amide bonds. The smallest absolute Gasteiger partial charge is 0.141 e. The molecule has 0 aliphatic rings. The normalized spacial score (nSPS) is 12.2. The zero-order valence-corrected chi connectivity index (χ0v) is 9.49. The maximum Gasteiger partial charge on any atom is 0.141 e. The molecule has 0 spiro atoms. The highest BCUT2D eigenvalue weighted by Crippen LogP contribution is 2.13. The lowest BCUT2D eigenvalue weighted by Crippen LogP contribution is -2.29. The van der Waals surface area contributed by atoms with Gasteiger partial charge in [-0.3, -0.25) is 5.41 Å². The summed E-state index contributed by atoms with van der Waals surface area (Å²) in [5, 5.41) is 7.32. The summed E-state index contributed by atoms with van der Waals surface area (Å²) in [6.45, 7) is 4.28. The molecule has 0 radical (unpaired) electrons. The van der Waals surface area contributed by atoms with Crippen LogP contribution in [0, 0.1) is 5.41 Å². The van der Waals surface area contributed by atoms with Gasteiger partial charge < -0.3 is 10.6 Å². The molecule has 4 heteroatoms. The molecule has 4 nitrogen and oxygen atoms in total. The second-order valence-corrected chi connectivity index (χ2v) is 3.66. The van der Waals surface area contributed by atoms with E-state index in [-0.39, 0.29) is 5.84 Å². The summed E-state index contributed by atoms with van der Waals surface area (Å²) in [4.78, 5) is 6.41. The van der Waals surface area contributed by atoms with Crippen molar-refractivity contribution in [2.24, 2.45) is 5.73 Å². The maximum absolute atomic E-state index is 7.32. The van der Waals surface area contributed by atoms with E-state index in [1.165, 1.54) is 0 Å². The minimum Gasteiger partial charge on any atom is -0.382 e. The van der Waals surface area contributed by atoms with Crippen molar-refractivity contribution < 1.29 is 0 Å². The lowest BCUT2D eigenvalue weighted by atomic mass is 10.2. The maximum atomic E-state index is 7.32. The number of hydrogen-bond donors (Lipinski definition) is 2. The number of aromatic nitrogens is 1. The third-order valence-corrected chi connectivity index (χ3v) is 2.62. The summed E-state index contributed by atoms with van der Waals surface area (Å²) in [6.07, 6.45) is 1.06. The summed E-state index contributed by atoms with van der Waals surface area (Å²) >= 11 is 0. The fraction of sp³-hybridized carbons (Fsp3) is 0.455. The Balaban J connectivity index is 2.94. The number of rotatable bonds is 4. The summed E-state index contributed by atoms with van der Waals surface area (Å²) in [5.74, 6) is 0.867. The Morgan fingerprint density at radius 1 is 1.60 bits per heavy atom. The molecule has 82 valence electrons. The van der Waals surface area contributed by atoms with Gasteiger partial charge in [-0.15, -0.1) is 0 Å². The second-order valence-electron chi connectivity index (χ2n) is 3.66. The van der Waals surface area contributed by atoms with E-state index in [1.807, 2.05) is 19.2 Å². The molecular weight excluding hydrogens is 188 g/mol. The minimum absolute atomic E-state index is 0.00871. The van der Waals surface area contributed by atoms with Gasteiger partial charge in [-0.2, -0.15) is 0 Å². The monoisotopic (exact) mass is 206 g/mol. The van der Waals surface area contributed by atoms with E-state index >= 15 is 0 Å². The molecule has 1 heterocycles. The van der Waals surface area contributed by atoms with Crippen LogP contribution in [0.15, 0.2) is 18.2 Å². The first-order chi connectivity index (χ1) is 7.06. The summed E-state index contributed by atoms with van der Waals surface area (Å²) in [5.41, 5.74) is 5.92. The average Bonchev–Trinajstić information content (AvgIpc) is 2.27. The van der Waals surface area contributed by atoms with Crippen LogP contribution in [0.5, 0.6) is 0 Å². The predicted octanol–water partition coefficient (Wildman–Crippen LogP) is 1.60. The third-order valence-electron chi connectivity index (χ3n) is 2.62. The van der Waals surface area contributed by atoms with Crippen LogP contribution < -0.4 is 10.6 Å². The molecule has 0 saturated carbocycles. The van der Waals surface area contributed by atoms with E-state index in [0.717, 1.165) is 12.2 Å². The van der Waals surface area contributed by atoms with Gasteiger partial charge in [0.1, 0.15) is 17.3 Å². The van der Waals surface area contributed by atoms with Crippen molar-refractivity contribution in [3.05, 3.63) is 23.9 Å². The molecule has 1 atom stereocenters. The zero-order chi connectivity index (χ0) is 11.4. The Labute approximate surface area is 90.6 Å². The number of amidine groups is 1. The number of hydrogen-bond acceptors (Lipinski definition) is 3. The van der Waals surface area contributed by atoms with Crippen molar-refractivity contribution in [3.8, 4) is 0 Å². The fourth-order valence-corrected chi connectivity index (χ4v) is 1.27. The lowest BCUT2D eigenvalue weighted by molar-refractivity contribution is 0.657. The molecule has 0 aromatic carbocycles. The Morgan fingerprint density at radius 2 is 2.27 bits per heavy atom. The Kier molecular flexibility index (Phi) is 3.66. The third kappa shape index (κ3) is 2.68. The van der Waals surface area contributed by atoms with Gasteiger partial charge in [0.15, 0.2) is 0 Å². The van der Waals surface area contributed by atoms with Crippen LogP contribution in [0.1, 0.15) is 26.0 Å². The highest BCUT2D eigenvalue weighted by Gasteiger charge is 2.09. The summed E-state index contributed by atoms with van der Waals surface area (Å²) in [7, 11) is 2.00. The number of nitrogens with two attached hydrogens (primary N) is 1. The highest BCUT2D eigenvalue weighted by molar-refractivity contribution is 5.93. The molecule has 1 unspecified atom stereocenters. The van der Waals surface area contributed by atoms with Gasteiger partial charge in [-0.1, -0.05) is 13.0 Å². The van der Waals surface area contributed by atoms with Crippen LogP contribution in [0.4, 0.5) is 5.82 Å². The predicted molar refractivity (Wildman–Crippen MR) is 63.4 cm³/mol. The van der Waals surface area contributed by atoms with Gasteiger partial charge in [-0.05, 0) is 25.5 Å². The fourth-order valence-electron chi connectivity index (χ4n) is 1.27. The molecule has 1 aromatic rings. The van der Waals surface area contributed by atoms with E-state index in [2.05, 4.69) is 23.7 Å². The first kappa shape index (κ1) is 11.5. The van der Waals surface area contributed by atoms with Gasteiger partial charge in [0.25, 0.3) is 0 Å². The number of anilines is 1. The Morgan fingerprint density at radius 3 is 2.80 bits per heavy atom. The topological polar surface area (TPSA) is 66.0 Å². The van der Waals surface area contributed by atoms with E-state index in [4.69, 9.17) is 11.1 Å². The van der Waals surface area contributed by atoms with Crippen LogP contribution >= 0.6 is 0 Å². The van der Waals surface area contributed by atoms with E-state index in [0.29, 0.717) is 11.7 Å². The molecule has 1 rings (SSSR count). The number of nitrogen functional groups attached to an aromatic ring is 1. The Hall–Kier alpha value is -1.58. The molecule has 0 saturated heterocycles. The van der Waals surface area contributed by atoms with Crippen molar-refractivity contribution >= 4 is 11.7 Å². The summed E-state index contributed by atoms with van der Waals surface area (Å²) < 4.78 is 0. The van der Waals surface area contributed by atoms with Crippen LogP contribution in [-0.2, 0) is 0 Å².